The molecule has 4 fully saturated rings. The Morgan fingerprint density at radius 2 is 1.89 bits per heavy atom. The van der Waals surface area contributed by atoms with Crippen LogP contribution in [0.5, 0.6) is 0 Å². The van der Waals surface area contributed by atoms with Crippen molar-refractivity contribution in [3.63, 3.8) is 0 Å². The summed E-state index contributed by atoms with van der Waals surface area (Å²) < 4.78 is 0. The van der Waals surface area contributed by atoms with Gasteiger partial charge in [-0.2, -0.15) is 0 Å². The van der Waals surface area contributed by atoms with E-state index < -0.39 is 0 Å². The molecular formula is C15H22N2O2. The second kappa shape index (κ2) is 4.22. The lowest BCUT2D eigenvalue weighted by atomic mass is 9.81. The summed E-state index contributed by atoms with van der Waals surface area (Å²) >= 11 is 0. The third-order valence-electron chi connectivity index (χ3n) is 5.47. The molecule has 0 aromatic heterocycles. The van der Waals surface area contributed by atoms with Gasteiger partial charge in [0.1, 0.15) is 0 Å². The van der Waals surface area contributed by atoms with Gasteiger partial charge >= 0.3 is 0 Å². The van der Waals surface area contributed by atoms with E-state index in [1.165, 1.54) is 19.3 Å². The molecule has 2 atom stereocenters. The van der Waals surface area contributed by atoms with Crippen LogP contribution in [0, 0.1) is 17.8 Å². The quantitative estimate of drug-likeness (QED) is 0.768. The van der Waals surface area contributed by atoms with Crippen LogP contribution in [0.3, 0.4) is 0 Å². The lowest BCUT2D eigenvalue weighted by Gasteiger charge is -2.35. The Hall–Kier alpha value is -1.06. The molecule has 3 saturated carbocycles. The van der Waals surface area contributed by atoms with Gasteiger partial charge in [-0.15, -0.1) is 0 Å². The van der Waals surface area contributed by atoms with E-state index in [0.717, 1.165) is 38.3 Å². The number of amides is 2. The van der Waals surface area contributed by atoms with Crippen molar-refractivity contribution in [3.05, 3.63) is 0 Å². The normalized spacial score (nSPS) is 35.3. The average molecular weight is 262 g/mol. The minimum Gasteiger partial charge on any atom is -0.336 e. The first kappa shape index (κ1) is 11.7. The Bertz CT molecular complexity index is 414. The Kier molecular flexibility index (Phi) is 2.61. The van der Waals surface area contributed by atoms with Crippen molar-refractivity contribution in [1.29, 1.82) is 0 Å². The summed E-state index contributed by atoms with van der Waals surface area (Å²) in [5, 5.41) is 0. The van der Waals surface area contributed by atoms with Crippen LogP contribution in [0.2, 0.25) is 0 Å². The maximum atomic E-state index is 12.4. The number of piperazine rings is 1. The van der Waals surface area contributed by atoms with Gasteiger partial charge in [0, 0.05) is 25.0 Å². The zero-order valence-electron chi connectivity index (χ0n) is 11.4. The van der Waals surface area contributed by atoms with Gasteiger partial charge in [0.25, 0.3) is 0 Å². The minimum absolute atomic E-state index is 0.169. The molecule has 4 nitrogen and oxygen atoms in total. The zero-order valence-corrected chi connectivity index (χ0v) is 11.4. The van der Waals surface area contributed by atoms with Crippen LogP contribution >= 0.6 is 0 Å². The molecule has 1 saturated heterocycles. The molecular weight excluding hydrogens is 240 g/mol. The summed E-state index contributed by atoms with van der Waals surface area (Å²) in [6.07, 6.45) is 7.39. The largest absolute Gasteiger partial charge is 0.336 e. The predicted octanol–water partition coefficient (Wildman–Crippen LogP) is 1.26. The first-order valence-corrected chi connectivity index (χ1v) is 7.82. The van der Waals surface area contributed by atoms with E-state index in [1.54, 1.807) is 0 Å². The molecule has 3 aliphatic carbocycles. The van der Waals surface area contributed by atoms with Crippen molar-refractivity contribution in [2.75, 3.05) is 19.6 Å². The highest BCUT2D eigenvalue weighted by Crippen LogP contribution is 2.52. The molecule has 0 aromatic rings. The van der Waals surface area contributed by atoms with Crippen molar-refractivity contribution in [2.45, 2.75) is 44.6 Å². The Morgan fingerprint density at radius 3 is 2.47 bits per heavy atom. The highest BCUT2D eigenvalue weighted by atomic mass is 16.2. The maximum absolute atomic E-state index is 12.4. The van der Waals surface area contributed by atoms with Gasteiger partial charge in [-0.05, 0) is 31.1 Å². The summed E-state index contributed by atoms with van der Waals surface area (Å²) in [5.41, 5.74) is 0. The van der Waals surface area contributed by atoms with Gasteiger partial charge in [-0.3, -0.25) is 9.59 Å². The van der Waals surface area contributed by atoms with Crippen LogP contribution in [-0.2, 0) is 9.59 Å². The van der Waals surface area contributed by atoms with E-state index in [2.05, 4.69) is 0 Å². The summed E-state index contributed by atoms with van der Waals surface area (Å²) in [7, 11) is 0. The van der Waals surface area contributed by atoms with Gasteiger partial charge in [0.05, 0.1) is 6.54 Å². The molecule has 0 N–H and O–H groups in total. The lowest BCUT2D eigenvalue weighted by molar-refractivity contribution is -0.146. The first-order chi connectivity index (χ1) is 9.24. The van der Waals surface area contributed by atoms with Gasteiger partial charge < -0.3 is 9.80 Å². The molecule has 0 spiro atoms. The Labute approximate surface area is 114 Å². The molecule has 0 bridgehead atoms. The molecule has 4 rings (SSSR count). The van der Waals surface area contributed by atoms with Gasteiger partial charge in [0.15, 0.2) is 0 Å². The van der Waals surface area contributed by atoms with Crippen LogP contribution in [-0.4, -0.2) is 47.3 Å². The summed E-state index contributed by atoms with van der Waals surface area (Å²) in [4.78, 5) is 28.3. The van der Waals surface area contributed by atoms with Crippen LogP contribution in [0.1, 0.15) is 38.5 Å². The minimum atomic E-state index is 0.169. The van der Waals surface area contributed by atoms with Crippen LogP contribution in [0.25, 0.3) is 0 Å². The smallest absolute Gasteiger partial charge is 0.242 e. The molecule has 4 heteroatoms. The van der Waals surface area contributed by atoms with Gasteiger partial charge in [0.2, 0.25) is 11.8 Å². The van der Waals surface area contributed by atoms with Crippen molar-refractivity contribution in [2.24, 2.45) is 17.8 Å². The number of carbonyl (C=O) groups excluding carboxylic acids is 2. The predicted molar refractivity (Wildman–Crippen MR) is 70.3 cm³/mol. The molecule has 0 unspecified atom stereocenters. The van der Waals surface area contributed by atoms with E-state index in [-0.39, 0.29) is 17.7 Å². The van der Waals surface area contributed by atoms with Crippen molar-refractivity contribution in [3.8, 4) is 0 Å². The highest BCUT2D eigenvalue weighted by Gasteiger charge is 2.51. The molecule has 4 aliphatic rings. The number of nitrogens with zero attached hydrogens (tertiary/aromatic N) is 2. The van der Waals surface area contributed by atoms with Crippen molar-refractivity contribution in [1.82, 2.24) is 9.80 Å². The molecule has 0 aromatic carbocycles. The summed E-state index contributed by atoms with van der Waals surface area (Å²) in [6.45, 7) is 1.86. The fourth-order valence-electron chi connectivity index (χ4n) is 3.77. The SMILES string of the molecule is O=C([C@@H]1C[C@@H]1C1CCC1)N1CCN(C2CC2)C(=O)C1. The van der Waals surface area contributed by atoms with Crippen LogP contribution < -0.4 is 0 Å². The summed E-state index contributed by atoms with van der Waals surface area (Å²) in [6, 6.07) is 0.494. The second-order valence-electron chi connectivity index (χ2n) is 6.78. The van der Waals surface area contributed by atoms with E-state index in [1.807, 2.05) is 9.80 Å². The van der Waals surface area contributed by atoms with E-state index >= 15 is 0 Å². The third-order valence-corrected chi connectivity index (χ3v) is 5.47. The Balaban J connectivity index is 1.33. The number of carbonyl (C=O) groups is 2. The second-order valence-corrected chi connectivity index (χ2v) is 6.78. The topological polar surface area (TPSA) is 40.6 Å². The first-order valence-electron chi connectivity index (χ1n) is 7.82. The lowest BCUT2D eigenvalue weighted by Crippen LogP contribution is -2.53. The zero-order chi connectivity index (χ0) is 13.0. The molecule has 19 heavy (non-hydrogen) atoms. The standard InChI is InChI=1S/C15H22N2O2/c18-14-9-16(6-7-17(14)11-4-5-11)15(19)13-8-12(13)10-2-1-3-10/h10-13H,1-9H2/t12-,13-/m1/s1. The van der Waals surface area contributed by atoms with Gasteiger partial charge in [-0.1, -0.05) is 19.3 Å². The monoisotopic (exact) mass is 262 g/mol. The summed E-state index contributed by atoms with van der Waals surface area (Å²) in [5.74, 6) is 2.16. The fraction of sp³-hybridized carbons (Fsp3) is 0.867. The van der Waals surface area contributed by atoms with Gasteiger partial charge in [-0.25, -0.2) is 0 Å². The molecule has 0 radical (unpaired) electrons. The highest BCUT2D eigenvalue weighted by molar-refractivity contribution is 5.88. The fourth-order valence-corrected chi connectivity index (χ4v) is 3.77. The van der Waals surface area contributed by atoms with E-state index in [0.29, 0.717) is 18.5 Å². The van der Waals surface area contributed by atoms with Crippen LogP contribution in [0.4, 0.5) is 0 Å². The Morgan fingerprint density at radius 1 is 1.11 bits per heavy atom. The van der Waals surface area contributed by atoms with Crippen molar-refractivity contribution < 1.29 is 9.59 Å². The molecule has 2 amide bonds. The number of hydrogen-bond donors (Lipinski definition) is 0. The van der Waals surface area contributed by atoms with Crippen molar-refractivity contribution >= 4 is 11.8 Å². The molecule has 104 valence electrons. The number of rotatable bonds is 3. The van der Waals surface area contributed by atoms with Crippen LogP contribution in [0.15, 0.2) is 0 Å². The van der Waals surface area contributed by atoms with E-state index in [9.17, 15) is 9.59 Å². The molecule has 1 heterocycles. The maximum Gasteiger partial charge on any atom is 0.242 e. The van der Waals surface area contributed by atoms with E-state index in [4.69, 9.17) is 0 Å². The molecule has 1 aliphatic heterocycles. The third kappa shape index (κ3) is 2.05. The number of hydrogen-bond acceptors (Lipinski definition) is 2. The average Bonchev–Trinajstić information content (AvgIpc) is 3.20.